The Morgan fingerprint density at radius 1 is 1.05 bits per heavy atom. The van der Waals surface area contributed by atoms with Gasteiger partial charge in [-0.2, -0.15) is 0 Å². The third-order valence-corrected chi connectivity index (χ3v) is 7.23. The summed E-state index contributed by atoms with van der Waals surface area (Å²) in [5.74, 6) is 0.270. The fourth-order valence-electron chi connectivity index (χ4n) is 3.86. The predicted molar refractivity (Wildman–Crippen MR) is 152 cm³/mol. The van der Waals surface area contributed by atoms with E-state index in [1.807, 2.05) is 24.3 Å². The lowest BCUT2D eigenvalue weighted by atomic mass is 10.1. The van der Waals surface area contributed by atoms with Crippen LogP contribution in [0.4, 0.5) is 4.79 Å². The van der Waals surface area contributed by atoms with Crippen LogP contribution in [0.15, 0.2) is 52.6 Å². The van der Waals surface area contributed by atoms with Crippen LogP contribution in [0.3, 0.4) is 0 Å². The first-order valence-electron chi connectivity index (χ1n) is 12.9. The van der Waals surface area contributed by atoms with E-state index in [1.165, 1.54) is 11.8 Å². The van der Waals surface area contributed by atoms with E-state index in [0.717, 1.165) is 53.3 Å². The lowest BCUT2D eigenvalue weighted by molar-refractivity contribution is -0.120. The number of hydrogen-bond donors (Lipinski definition) is 2. The molecule has 0 saturated heterocycles. The number of aromatic amines is 1. The average Bonchev–Trinajstić information content (AvgIpc) is 3.27. The molecule has 0 fully saturated rings. The van der Waals surface area contributed by atoms with Crippen LogP contribution in [-0.2, 0) is 16.0 Å². The van der Waals surface area contributed by atoms with Crippen molar-refractivity contribution in [1.82, 2.24) is 20.3 Å². The minimum atomic E-state index is -0.791. The van der Waals surface area contributed by atoms with E-state index in [1.54, 1.807) is 18.5 Å². The summed E-state index contributed by atoms with van der Waals surface area (Å²) in [6.07, 6.45) is 7.54. The van der Waals surface area contributed by atoms with Crippen molar-refractivity contribution >= 4 is 47.0 Å². The van der Waals surface area contributed by atoms with Crippen molar-refractivity contribution in [2.75, 3.05) is 0 Å². The molecule has 2 amide bonds. The van der Waals surface area contributed by atoms with Crippen molar-refractivity contribution in [1.29, 1.82) is 0 Å². The molecule has 2 N–H and O–H groups in total. The molecule has 0 aliphatic carbocycles. The number of benzene rings is 1. The van der Waals surface area contributed by atoms with Gasteiger partial charge in [0.05, 0.1) is 5.69 Å². The van der Waals surface area contributed by atoms with E-state index in [9.17, 15) is 9.59 Å². The fraction of sp³-hybridized carbons (Fsp3) is 0.429. The normalized spacial score (nSPS) is 11.9. The third-order valence-electron chi connectivity index (χ3n) is 5.82. The maximum absolute atomic E-state index is 12.7. The first kappa shape index (κ1) is 30.0. The topological polar surface area (TPSA) is 97.0 Å². The molecule has 0 radical (unpaired) electrons. The van der Waals surface area contributed by atoms with Gasteiger partial charge in [0, 0.05) is 40.2 Å². The van der Waals surface area contributed by atoms with Crippen LogP contribution in [0.5, 0.6) is 0 Å². The maximum Gasteiger partial charge on any atom is 0.414 e. The molecule has 204 valence electrons. The molecular formula is C28H34Cl2N4O3S. The Morgan fingerprint density at radius 2 is 1.74 bits per heavy atom. The van der Waals surface area contributed by atoms with Crippen molar-refractivity contribution in [3.63, 3.8) is 0 Å². The van der Waals surface area contributed by atoms with Crippen LogP contribution < -0.4 is 5.32 Å². The quantitative estimate of drug-likeness (QED) is 0.199. The number of alkyl carbamates (subject to hydrolysis) is 1. The average molecular weight is 578 g/mol. The minimum absolute atomic E-state index is 0.123. The first-order valence-corrected chi connectivity index (χ1v) is 14.5. The molecule has 0 saturated carbocycles. The zero-order valence-electron chi connectivity index (χ0n) is 21.9. The number of nitrogens with zero attached hydrogens (tertiary/aromatic N) is 2. The lowest BCUT2D eigenvalue weighted by Crippen LogP contribution is -2.32. The number of ether oxygens (including phenoxy) is 1. The van der Waals surface area contributed by atoms with E-state index in [2.05, 4.69) is 36.1 Å². The number of imidazole rings is 1. The number of imide groups is 1. The lowest BCUT2D eigenvalue weighted by Gasteiger charge is -2.16. The van der Waals surface area contributed by atoms with Crippen LogP contribution in [0.25, 0.3) is 0 Å². The van der Waals surface area contributed by atoms with Crippen molar-refractivity contribution in [2.24, 2.45) is 0 Å². The molecule has 38 heavy (non-hydrogen) atoms. The van der Waals surface area contributed by atoms with Gasteiger partial charge < -0.3 is 9.72 Å². The Kier molecular flexibility index (Phi) is 12.0. The maximum atomic E-state index is 12.7. The number of hydrogen-bond acceptors (Lipinski definition) is 6. The Labute approximate surface area is 238 Å². The monoisotopic (exact) mass is 576 g/mol. The number of pyridine rings is 1. The number of carbonyl (C=O) groups is 2. The summed E-state index contributed by atoms with van der Waals surface area (Å²) in [5.41, 5.74) is 1.81. The van der Waals surface area contributed by atoms with Crippen LogP contribution in [0, 0.1) is 0 Å². The number of H-pyrrole nitrogens is 1. The summed E-state index contributed by atoms with van der Waals surface area (Å²) in [4.78, 5) is 38.1. The van der Waals surface area contributed by atoms with Crippen LogP contribution in [-0.4, -0.2) is 27.0 Å². The molecule has 3 aromatic rings. The third kappa shape index (κ3) is 9.64. The zero-order valence-corrected chi connectivity index (χ0v) is 24.3. The summed E-state index contributed by atoms with van der Waals surface area (Å²) in [5, 5.41) is 4.17. The Hall–Kier alpha value is -2.55. The van der Waals surface area contributed by atoms with E-state index in [4.69, 9.17) is 32.9 Å². The summed E-state index contributed by atoms with van der Waals surface area (Å²) in [6, 6.07) is 9.03. The number of unbranched alkanes of at least 4 members (excludes halogenated alkanes) is 4. The minimum Gasteiger partial charge on any atom is -0.437 e. The molecular weight excluding hydrogens is 543 g/mol. The highest BCUT2D eigenvalue weighted by Gasteiger charge is 2.25. The number of aromatic nitrogens is 3. The number of carbonyl (C=O) groups excluding carboxylic acids is 2. The molecule has 1 atom stereocenters. The van der Waals surface area contributed by atoms with Gasteiger partial charge in [-0.25, -0.2) is 9.78 Å². The molecule has 0 spiro atoms. The second kappa shape index (κ2) is 15.1. The van der Waals surface area contributed by atoms with E-state index in [0.29, 0.717) is 22.3 Å². The van der Waals surface area contributed by atoms with Gasteiger partial charge in [0.1, 0.15) is 10.9 Å². The number of rotatable bonds is 13. The number of halogens is 2. The largest absolute Gasteiger partial charge is 0.437 e. The van der Waals surface area contributed by atoms with Gasteiger partial charge >= 0.3 is 6.09 Å². The molecule has 1 unspecified atom stereocenters. The summed E-state index contributed by atoms with van der Waals surface area (Å²) >= 11 is 13.8. The molecule has 10 heteroatoms. The zero-order chi connectivity index (χ0) is 27.5. The molecule has 2 aromatic heterocycles. The van der Waals surface area contributed by atoms with Crippen molar-refractivity contribution in [3.8, 4) is 0 Å². The number of nitrogens with one attached hydrogen (secondary N) is 2. The van der Waals surface area contributed by atoms with Gasteiger partial charge in [0.25, 0.3) is 0 Å². The van der Waals surface area contributed by atoms with E-state index < -0.39 is 12.2 Å². The molecule has 0 bridgehead atoms. The molecule has 0 aliphatic rings. The van der Waals surface area contributed by atoms with Crippen LogP contribution in [0.2, 0.25) is 10.0 Å². The van der Waals surface area contributed by atoms with Gasteiger partial charge in [-0.3, -0.25) is 15.1 Å². The SMILES string of the molecule is CCCCCCCC(=O)NC(=O)OC(Cc1ccncc1)c1nc(Sc2cc(Cl)cc(Cl)c2)c(C(C)C)[nH]1. The summed E-state index contributed by atoms with van der Waals surface area (Å²) < 4.78 is 5.76. The fourth-order valence-corrected chi connectivity index (χ4v) is 5.65. The van der Waals surface area contributed by atoms with Crippen LogP contribution in [0.1, 0.15) is 88.4 Å². The highest BCUT2D eigenvalue weighted by atomic mass is 35.5. The Bertz CT molecular complexity index is 1180. The van der Waals surface area contributed by atoms with Crippen molar-refractivity contribution in [2.45, 2.75) is 87.7 Å². The molecule has 0 aliphatic heterocycles. The predicted octanol–water partition coefficient (Wildman–Crippen LogP) is 8.28. The van der Waals surface area contributed by atoms with Crippen molar-refractivity contribution in [3.05, 3.63) is 69.9 Å². The summed E-state index contributed by atoms with van der Waals surface area (Å²) in [6.45, 7) is 6.25. The van der Waals surface area contributed by atoms with Crippen molar-refractivity contribution < 1.29 is 14.3 Å². The summed E-state index contributed by atoms with van der Waals surface area (Å²) in [7, 11) is 0. The second-order valence-electron chi connectivity index (χ2n) is 9.37. The van der Waals surface area contributed by atoms with Crippen LogP contribution >= 0.6 is 35.0 Å². The molecule has 1 aromatic carbocycles. The standard InChI is InChI=1S/C28H34Cl2N4O3S/c1-4-5-6-7-8-9-24(35)32-28(36)37-23(14-19-10-12-31-13-11-19)26-33-25(18(2)3)27(34-26)38-22-16-20(29)15-21(30)17-22/h10-13,15-18,23H,4-9,14H2,1-3H3,(H,33,34)(H,32,35,36). The van der Waals surface area contributed by atoms with E-state index in [-0.39, 0.29) is 18.2 Å². The van der Waals surface area contributed by atoms with Gasteiger partial charge in [-0.05, 0) is 48.2 Å². The Morgan fingerprint density at radius 3 is 2.39 bits per heavy atom. The van der Waals surface area contributed by atoms with E-state index >= 15 is 0 Å². The second-order valence-corrected chi connectivity index (χ2v) is 11.3. The smallest absolute Gasteiger partial charge is 0.414 e. The molecule has 3 rings (SSSR count). The Balaban J connectivity index is 1.78. The highest BCUT2D eigenvalue weighted by molar-refractivity contribution is 7.99. The molecule has 7 nitrogen and oxygen atoms in total. The van der Waals surface area contributed by atoms with Gasteiger partial charge in [0.2, 0.25) is 5.91 Å². The van der Waals surface area contributed by atoms with Gasteiger partial charge in [0.15, 0.2) is 6.10 Å². The molecule has 2 heterocycles. The van der Waals surface area contributed by atoms with Gasteiger partial charge in [-0.1, -0.05) is 81.4 Å². The van der Waals surface area contributed by atoms with Gasteiger partial charge in [-0.15, -0.1) is 0 Å². The highest BCUT2D eigenvalue weighted by Crippen LogP contribution is 2.36. The number of amides is 2. The first-order chi connectivity index (χ1) is 18.2.